The van der Waals surface area contributed by atoms with E-state index < -0.39 is 0 Å². The van der Waals surface area contributed by atoms with Gasteiger partial charge in [0, 0.05) is 37.6 Å². The van der Waals surface area contributed by atoms with Gasteiger partial charge in [-0.25, -0.2) is 0 Å². The first-order chi connectivity index (χ1) is 11.7. The van der Waals surface area contributed by atoms with Crippen LogP contribution in [0.1, 0.15) is 42.8 Å². The zero-order valence-electron chi connectivity index (χ0n) is 14.6. The molecule has 0 amide bonds. The SMILES string of the molecule is Cc1ccc(CN2CCC3(CCCN3Cc3cccnc3)CC2)o1. The lowest BCUT2D eigenvalue weighted by molar-refractivity contribution is 0.0425. The minimum Gasteiger partial charge on any atom is -0.465 e. The molecule has 4 heterocycles. The van der Waals surface area contributed by atoms with Crippen LogP contribution in [0.2, 0.25) is 0 Å². The van der Waals surface area contributed by atoms with Crippen molar-refractivity contribution in [3.63, 3.8) is 0 Å². The number of aryl methyl sites for hydroxylation is 1. The van der Waals surface area contributed by atoms with E-state index in [-0.39, 0.29) is 0 Å². The highest BCUT2D eigenvalue weighted by Gasteiger charge is 2.42. The number of furan rings is 1. The third-order valence-corrected chi connectivity index (χ3v) is 5.80. The van der Waals surface area contributed by atoms with Crippen molar-refractivity contribution in [3.05, 3.63) is 53.7 Å². The Labute approximate surface area is 144 Å². The second-order valence-electron chi connectivity index (χ2n) is 7.40. The molecule has 24 heavy (non-hydrogen) atoms. The Morgan fingerprint density at radius 2 is 1.96 bits per heavy atom. The summed E-state index contributed by atoms with van der Waals surface area (Å²) in [5, 5.41) is 0. The van der Waals surface area contributed by atoms with Crippen molar-refractivity contribution in [2.75, 3.05) is 19.6 Å². The van der Waals surface area contributed by atoms with E-state index in [2.05, 4.69) is 33.0 Å². The number of pyridine rings is 1. The highest BCUT2D eigenvalue weighted by atomic mass is 16.3. The molecule has 0 radical (unpaired) electrons. The summed E-state index contributed by atoms with van der Waals surface area (Å²) in [5.41, 5.74) is 1.75. The lowest BCUT2D eigenvalue weighted by Crippen LogP contribution is -2.51. The van der Waals surface area contributed by atoms with E-state index in [0.717, 1.165) is 24.6 Å². The summed E-state index contributed by atoms with van der Waals surface area (Å²) >= 11 is 0. The van der Waals surface area contributed by atoms with E-state index in [0.29, 0.717) is 5.54 Å². The van der Waals surface area contributed by atoms with E-state index in [1.54, 1.807) is 0 Å². The Bertz CT molecular complexity index is 659. The van der Waals surface area contributed by atoms with Crippen LogP contribution in [0.5, 0.6) is 0 Å². The maximum atomic E-state index is 5.74. The van der Waals surface area contributed by atoms with Crippen LogP contribution < -0.4 is 0 Å². The molecule has 2 aliphatic heterocycles. The summed E-state index contributed by atoms with van der Waals surface area (Å²) in [6.07, 6.45) is 9.09. The van der Waals surface area contributed by atoms with Crippen LogP contribution in [0, 0.1) is 6.92 Å². The van der Waals surface area contributed by atoms with E-state index >= 15 is 0 Å². The third kappa shape index (κ3) is 3.26. The predicted molar refractivity (Wildman–Crippen MR) is 94.6 cm³/mol. The van der Waals surface area contributed by atoms with Crippen molar-refractivity contribution in [3.8, 4) is 0 Å². The second kappa shape index (κ2) is 6.69. The monoisotopic (exact) mass is 325 g/mol. The molecule has 4 heteroatoms. The fourth-order valence-electron chi connectivity index (χ4n) is 4.44. The molecule has 128 valence electrons. The summed E-state index contributed by atoms with van der Waals surface area (Å²) in [6.45, 7) is 7.58. The van der Waals surface area contributed by atoms with Gasteiger partial charge in [-0.15, -0.1) is 0 Å². The lowest BCUT2D eigenvalue weighted by atomic mass is 9.84. The zero-order chi connectivity index (χ0) is 16.4. The Morgan fingerprint density at radius 3 is 2.67 bits per heavy atom. The number of rotatable bonds is 4. The number of likely N-dealkylation sites (tertiary alicyclic amines) is 2. The number of aromatic nitrogens is 1. The smallest absolute Gasteiger partial charge is 0.118 e. The first-order valence-corrected chi connectivity index (χ1v) is 9.15. The molecule has 2 fully saturated rings. The fraction of sp³-hybridized carbons (Fsp3) is 0.550. The van der Waals surface area contributed by atoms with Crippen molar-refractivity contribution in [1.82, 2.24) is 14.8 Å². The number of piperidine rings is 1. The van der Waals surface area contributed by atoms with Gasteiger partial charge in [-0.05, 0) is 62.9 Å². The van der Waals surface area contributed by atoms with E-state index in [1.807, 2.05) is 25.4 Å². The van der Waals surface area contributed by atoms with Crippen LogP contribution in [-0.2, 0) is 13.1 Å². The molecule has 4 nitrogen and oxygen atoms in total. The Hall–Kier alpha value is -1.65. The Balaban J connectivity index is 1.37. The summed E-state index contributed by atoms with van der Waals surface area (Å²) in [7, 11) is 0. The van der Waals surface area contributed by atoms with Crippen molar-refractivity contribution in [2.45, 2.75) is 51.2 Å². The second-order valence-corrected chi connectivity index (χ2v) is 7.40. The summed E-state index contributed by atoms with van der Waals surface area (Å²) < 4.78 is 5.74. The Morgan fingerprint density at radius 1 is 1.08 bits per heavy atom. The minimum absolute atomic E-state index is 0.408. The number of hydrogen-bond donors (Lipinski definition) is 0. The topological polar surface area (TPSA) is 32.5 Å². The summed E-state index contributed by atoms with van der Waals surface area (Å²) in [6, 6.07) is 8.43. The van der Waals surface area contributed by atoms with E-state index in [4.69, 9.17) is 4.42 Å². The molecule has 0 aliphatic carbocycles. The number of hydrogen-bond acceptors (Lipinski definition) is 4. The molecule has 4 rings (SSSR count). The standard InChI is InChI=1S/C20H27N3O/c1-17-5-6-19(24-17)16-22-12-8-20(9-13-22)7-3-11-23(20)15-18-4-2-10-21-14-18/h2,4-6,10,14H,3,7-9,11-13,15-16H2,1H3. The minimum atomic E-state index is 0.408. The highest BCUT2D eigenvalue weighted by Crippen LogP contribution is 2.39. The maximum Gasteiger partial charge on any atom is 0.118 e. The average molecular weight is 325 g/mol. The van der Waals surface area contributed by atoms with E-state index in [1.165, 1.54) is 50.9 Å². The average Bonchev–Trinajstić information content (AvgIpc) is 3.18. The summed E-state index contributed by atoms with van der Waals surface area (Å²) in [4.78, 5) is 9.54. The van der Waals surface area contributed by atoms with Gasteiger partial charge in [-0.1, -0.05) is 6.07 Å². The molecule has 0 aromatic carbocycles. The van der Waals surface area contributed by atoms with E-state index in [9.17, 15) is 0 Å². The highest BCUT2D eigenvalue weighted by molar-refractivity contribution is 5.11. The van der Waals surface area contributed by atoms with Gasteiger partial charge in [0.15, 0.2) is 0 Å². The van der Waals surface area contributed by atoms with Gasteiger partial charge in [0.05, 0.1) is 6.54 Å². The molecule has 0 atom stereocenters. The van der Waals surface area contributed by atoms with Gasteiger partial charge in [0.1, 0.15) is 11.5 Å². The van der Waals surface area contributed by atoms with Crippen molar-refractivity contribution in [2.24, 2.45) is 0 Å². The first-order valence-electron chi connectivity index (χ1n) is 9.15. The van der Waals surface area contributed by atoms with Gasteiger partial charge in [-0.2, -0.15) is 0 Å². The molecule has 2 aromatic heterocycles. The van der Waals surface area contributed by atoms with Crippen LogP contribution in [0.15, 0.2) is 41.1 Å². The molecule has 0 unspecified atom stereocenters. The Kier molecular flexibility index (Phi) is 4.42. The van der Waals surface area contributed by atoms with Crippen LogP contribution in [-0.4, -0.2) is 40.0 Å². The van der Waals surface area contributed by atoms with Gasteiger partial charge in [-0.3, -0.25) is 14.8 Å². The van der Waals surface area contributed by atoms with Gasteiger partial charge >= 0.3 is 0 Å². The number of nitrogens with zero attached hydrogens (tertiary/aromatic N) is 3. The lowest BCUT2D eigenvalue weighted by Gasteiger charge is -2.45. The van der Waals surface area contributed by atoms with Crippen LogP contribution >= 0.6 is 0 Å². The maximum absolute atomic E-state index is 5.74. The van der Waals surface area contributed by atoms with Crippen molar-refractivity contribution in [1.29, 1.82) is 0 Å². The molecule has 0 saturated carbocycles. The molecule has 0 bridgehead atoms. The molecule has 2 aliphatic rings. The first kappa shape index (κ1) is 15.9. The molecule has 0 N–H and O–H groups in total. The fourth-order valence-corrected chi connectivity index (χ4v) is 4.44. The molecular weight excluding hydrogens is 298 g/mol. The molecule has 1 spiro atoms. The van der Waals surface area contributed by atoms with Crippen LogP contribution in [0.3, 0.4) is 0 Å². The zero-order valence-corrected chi connectivity index (χ0v) is 14.6. The third-order valence-electron chi connectivity index (χ3n) is 5.80. The largest absolute Gasteiger partial charge is 0.465 e. The van der Waals surface area contributed by atoms with Gasteiger partial charge in [0.25, 0.3) is 0 Å². The van der Waals surface area contributed by atoms with Gasteiger partial charge in [0.2, 0.25) is 0 Å². The van der Waals surface area contributed by atoms with Gasteiger partial charge < -0.3 is 4.42 Å². The molecular formula is C20H27N3O. The predicted octanol–water partition coefficient (Wildman–Crippen LogP) is 3.61. The van der Waals surface area contributed by atoms with Crippen LogP contribution in [0.25, 0.3) is 0 Å². The normalized spacial score (nSPS) is 21.5. The van der Waals surface area contributed by atoms with Crippen molar-refractivity contribution >= 4 is 0 Å². The molecule has 2 saturated heterocycles. The molecule has 2 aromatic rings. The summed E-state index contributed by atoms with van der Waals surface area (Å²) in [5.74, 6) is 2.11. The van der Waals surface area contributed by atoms with Crippen molar-refractivity contribution < 1.29 is 4.42 Å². The quantitative estimate of drug-likeness (QED) is 0.859. The van der Waals surface area contributed by atoms with Crippen LogP contribution in [0.4, 0.5) is 0 Å².